The summed E-state index contributed by atoms with van der Waals surface area (Å²) in [5, 5.41) is 1.20. The van der Waals surface area contributed by atoms with Gasteiger partial charge in [0.1, 0.15) is 0 Å². The number of allylic oxidation sites excluding steroid dienone is 1. The van der Waals surface area contributed by atoms with Crippen molar-refractivity contribution < 1.29 is 4.79 Å². The van der Waals surface area contributed by atoms with Crippen molar-refractivity contribution in [3.05, 3.63) is 108 Å². The Bertz CT molecular complexity index is 1360. The van der Waals surface area contributed by atoms with Gasteiger partial charge in [0.05, 0.1) is 5.56 Å². The topological polar surface area (TPSA) is 49.9 Å². The normalized spacial score (nSPS) is 11.3. The molecule has 0 bridgehead atoms. The molecule has 3 nitrogen and oxygen atoms in total. The Hall–Kier alpha value is -2.47. The van der Waals surface area contributed by atoms with Gasteiger partial charge in [0.2, 0.25) is 0 Å². The van der Waals surface area contributed by atoms with Gasteiger partial charge in [-0.3, -0.25) is 9.59 Å². The third kappa shape index (κ3) is 4.19. The van der Waals surface area contributed by atoms with Crippen molar-refractivity contribution in [2.45, 2.75) is 0 Å². The molecule has 30 heavy (non-hydrogen) atoms. The summed E-state index contributed by atoms with van der Waals surface area (Å²) in [7, 11) is 0. The fourth-order valence-electron chi connectivity index (χ4n) is 3.27. The number of hydrogen-bond donors (Lipinski definition) is 1. The number of aromatic amines is 1. The minimum atomic E-state index is -0.454. The predicted octanol–water partition coefficient (Wildman–Crippen LogP) is 7.27. The molecule has 0 unspecified atom stereocenters. The zero-order valence-electron chi connectivity index (χ0n) is 15.5. The molecule has 0 saturated heterocycles. The zero-order valence-corrected chi connectivity index (χ0v) is 19.4. The van der Waals surface area contributed by atoms with Crippen LogP contribution in [0.15, 0.2) is 86.5 Å². The van der Waals surface area contributed by atoms with Gasteiger partial charge < -0.3 is 4.98 Å². The molecule has 0 radical (unpaired) electrons. The monoisotopic (exact) mass is 541 g/mol. The second-order valence-corrected chi connectivity index (χ2v) is 8.86. The van der Waals surface area contributed by atoms with Crippen molar-refractivity contribution in [3.8, 4) is 11.1 Å². The number of carbonyl (C=O) groups is 1. The summed E-state index contributed by atoms with van der Waals surface area (Å²) in [4.78, 5) is 28.9. The van der Waals surface area contributed by atoms with Gasteiger partial charge in [0, 0.05) is 36.0 Å². The van der Waals surface area contributed by atoms with Gasteiger partial charge in [0.25, 0.3) is 5.56 Å². The number of benzene rings is 3. The maximum Gasteiger partial charge on any atom is 0.260 e. The SMILES string of the molecule is O=C(/C=C/c1ccc(Br)cc1)c1c(-c2ccccc2Cl)c2cc(Br)ccc2[nH]c1=O. The van der Waals surface area contributed by atoms with Gasteiger partial charge in [-0.25, -0.2) is 0 Å². The highest BCUT2D eigenvalue weighted by atomic mass is 79.9. The van der Waals surface area contributed by atoms with Crippen molar-refractivity contribution in [2.24, 2.45) is 0 Å². The molecular formula is C24H14Br2ClNO2. The van der Waals surface area contributed by atoms with E-state index in [1.54, 1.807) is 18.2 Å². The molecule has 0 aliphatic rings. The van der Waals surface area contributed by atoms with Crippen LogP contribution in [0.3, 0.4) is 0 Å². The molecule has 4 aromatic rings. The van der Waals surface area contributed by atoms with E-state index in [-0.39, 0.29) is 5.56 Å². The van der Waals surface area contributed by atoms with Crippen LogP contribution in [-0.4, -0.2) is 10.8 Å². The number of nitrogens with one attached hydrogen (secondary N) is 1. The van der Waals surface area contributed by atoms with Crippen molar-refractivity contribution >= 4 is 66.2 Å². The Labute approximate surface area is 194 Å². The maximum absolute atomic E-state index is 13.2. The van der Waals surface area contributed by atoms with Crippen LogP contribution in [0.25, 0.3) is 28.1 Å². The summed E-state index contributed by atoms with van der Waals surface area (Å²) in [6, 6.07) is 20.2. The van der Waals surface area contributed by atoms with Crippen molar-refractivity contribution in [1.29, 1.82) is 0 Å². The van der Waals surface area contributed by atoms with E-state index in [2.05, 4.69) is 36.8 Å². The van der Waals surface area contributed by atoms with Crippen LogP contribution in [-0.2, 0) is 0 Å². The first kappa shape index (κ1) is 20.8. The summed E-state index contributed by atoms with van der Waals surface area (Å²) in [5.41, 5.74) is 2.24. The molecule has 1 N–H and O–H groups in total. The van der Waals surface area contributed by atoms with Gasteiger partial charge in [-0.1, -0.05) is 79.9 Å². The van der Waals surface area contributed by atoms with E-state index in [0.717, 1.165) is 19.9 Å². The molecule has 0 fully saturated rings. The fourth-order valence-corrected chi connectivity index (χ4v) is 4.13. The molecule has 3 aromatic carbocycles. The van der Waals surface area contributed by atoms with Crippen LogP contribution in [0.2, 0.25) is 5.02 Å². The molecule has 0 aliphatic heterocycles. The van der Waals surface area contributed by atoms with Crippen molar-refractivity contribution in [1.82, 2.24) is 4.98 Å². The van der Waals surface area contributed by atoms with Crippen molar-refractivity contribution in [3.63, 3.8) is 0 Å². The molecule has 0 saturated carbocycles. The minimum Gasteiger partial charge on any atom is -0.321 e. The maximum atomic E-state index is 13.2. The molecule has 148 valence electrons. The van der Waals surface area contributed by atoms with Crippen LogP contribution >= 0.6 is 43.5 Å². The van der Waals surface area contributed by atoms with Gasteiger partial charge in [-0.15, -0.1) is 0 Å². The average molecular weight is 544 g/mol. The van der Waals surface area contributed by atoms with E-state index in [4.69, 9.17) is 11.6 Å². The highest BCUT2D eigenvalue weighted by Gasteiger charge is 2.21. The lowest BCUT2D eigenvalue weighted by atomic mass is 9.93. The number of fused-ring (bicyclic) bond motifs is 1. The van der Waals surface area contributed by atoms with Gasteiger partial charge in [-0.2, -0.15) is 0 Å². The number of halogens is 3. The number of carbonyl (C=O) groups excluding carboxylic acids is 1. The Kier molecular flexibility index (Phi) is 6.04. The number of ketones is 1. The first-order valence-corrected chi connectivity index (χ1v) is 11.0. The van der Waals surface area contributed by atoms with Gasteiger partial charge in [-0.05, 0) is 48.0 Å². The van der Waals surface area contributed by atoms with E-state index in [1.165, 1.54) is 6.08 Å². The molecular weight excluding hydrogens is 530 g/mol. The second-order valence-electron chi connectivity index (χ2n) is 6.62. The lowest BCUT2D eigenvalue weighted by Crippen LogP contribution is -2.18. The van der Waals surface area contributed by atoms with Crippen molar-refractivity contribution in [2.75, 3.05) is 0 Å². The summed E-state index contributed by atoms with van der Waals surface area (Å²) < 4.78 is 1.78. The number of rotatable bonds is 4. The van der Waals surface area contributed by atoms with Crippen LogP contribution < -0.4 is 5.56 Å². The average Bonchev–Trinajstić information content (AvgIpc) is 2.73. The molecule has 6 heteroatoms. The summed E-state index contributed by atoms with van der Waals surface area (Å²) in [5.74, 6) is -0.393. The number of hydrogen-bond acceptors (Lipinski definition) is 2. The molecule has 1 aromatic heterocycles. The van der Waals surface area contributed by atoms with Gasteiger partial charge in [0.15, 0.2) is 5.78 Å². The third-order valence-corrected chi connectivity index (χ3v) is 6.01. The number of H-pyrrole nitrogens is 1. The fraction of sp³-hybridized carbons (Fsp3) is 0. The molecule has 0 atom stereocenters. The molecule has 0 aliphatic carbocycles. The van der Waals surface area contributed by atoms with Gasteiger partial charge >= 0.3 is 0 Å². The molecule has 1 heterocycles. The van der Waals surface area contributed by atoms with E-state index in [0.29, 0.717) is 21.7 Å². The van der Waals surface area contributed by atoms with E-state index in [1.807, 2.05) is 54.6 Å². The van der Waals surface area contributed by atoms with E-state index < -0.39 is 11.3 Å². The third-order valence-electron chi connectivity index (χ3n) is 4.66. The Morgan fingerprint density at radius 3 is 2.37 bits per heavy atom. The number of aromatic nitrogens is 1. The van der Waals surface area contributed by atoms with E-state index >= 15 is 0 Å². The molecule has 0 amide bonds. The van der Waals surface area contributed by atoms with E-state index in [9.17, 15) is 9.59 Å². The van der Waals surface area contributed by atoms with Crippen LogP contribution in [0.5, 0.6) is 0 Å². The smallest absolute Gasteiger partial charge is 0.260 e. The Morgan fingerprint density at radius 1 is 0.933 bits per heavy atom. The lowest BCUT2D eigenvalue weighted by molar-refractivity contribution is 0.104. The summed E-state index contributed by atoms with van der Waals surface area (Å²) in [6.07, 6.45) is 3.10. The zero-order chi connectivity index (χ0) is 21.3. The highest BCUT2D eigenvalue weighted by molar-refractivity contribution is 9.10. The lowest BCUT2D eigenvalue weighted by Gasteiger charge is -2.13. The largest absolute Gasteiger partial charge is 0.321 e. The first-order chi connectivity index (χ1) is 14.4. The molecule has 0 spiro atoms. The predicted molar refractivity (Wildman–Crippen MR) is 130 cm³/mol. The summed E-state index contributed by atoms with van der Waals surface area (Å²) >= 11 is 13.3. The van der Waals surface area contributed by atoms with Crippen LogP contribution in [0.1, 0.15) is 15.9 Å². The Balaban J connectivity index is 1.95. The van der Waals surface area contributed by atoms with Crippen LogP contribution in [0.4, 0.5) is 0 Å². The highest BCUT2D eigenvalue weighted by Crippen LogP contribution is 2.35. The van der Waals surface area contributed by atoms with Crippen LogP contribution in [0, 0.1) is 0 Å². The second kappa shape index (κ2) is 8.72. The number of pyridine rings is 1. The standard InChI is InChI=1S/C24H14Br2ClNO2/c25-15-8-5-14(6-9-15)7-12-21(29)23-22(17-3-1-2-4-19(17)27)18-13-16(26)10-11-20(18)28-24(23)30/h1-13H,(H,28,30)/b12-7+. The Morgan fingerprint density at radius 2 is 1.63 bits per heavy atom. The minimum absolute atomic E-state index is 0.0575. The summed E-state index contributed by atoms with van der Waals surface area (Å²) in [6.45, 7) is 0. The molecule has 4 rings (SSSR count). The quantitative estimate of drug-likeness (QED) is 0.217. The first-order valence-electron chi connectivity index (χ1n) is 9.02.